The Morgan fingerprint density at radius 1 is 1.17 bits per heavy atom. The van der Waals surface area contributed by atoms with Gasteiger partial charge >= 0.3 is 0 Å². The van der Waals surface area contributed by atoms with Crippen molar-refractivity contribution < 1.29 is 14.5 Å². The number of nitro groups is 1. The molecule has 2 aromatic carbocycles. The molecule has 0 aliphatic heterocycles. The number of hydrogen-bond donors (Lipinski definition) is 1. The minimum absolute atomic E-state index is 0.0353. The van der Waals surface area contributed by atoms with Gasteiger partial charge in [-0.3, -0.25) is 14.9 Å². The van der Waals surface area contributed by atoms with Crippen LogP contribution in [0.15, 0.2) is 59.7 Å². The lowest BCUT2D eigenvalue weighted by atomic mass is 10.1. The molecule has 2 rings (SSSR count). The number of hydrogen-bond acceptors (Lipinski definition) is 5. The number of rotatable bonds is 7. The molecule has 0 bridgehead atoms. The lowest BCUT2D eigenvalue weighted by molar-refractivity contribution is -0.384. The third-order valence-electron chi connectivity index (χ3n) is 3.17. The number of ether oxygens (including phenoxy) is 1. The topological polar surface area (TPSA) is 93.8 Å². The molecule has 0 spiro atoms. The van der Waals surface area contributed by atoms with Crippen molar-refractivity contribution in [2.75, 3.05) is 6.61 Å². The molecule has 0 aliphatic carbocycles. The number of nitrogens with one attached hydrogen (secondary N) is 1. The Morgan fingerprint density at radius 3 is 2.42 bits per heavy atom. The van der Waals surface area contributed by atoms with Gasteiger partial charge in [0.25, 0.3) is 11.6 Å². The van der Waals surface area contributed by atoms with Crippen LogP contribution in [-0.4, -0.2) is 23.1 Å². The van der Waals surface area contributed by atoms with E-state index in [0.717, 1.165) is 11.3 Å². The fourth-order valence-electron chi connectivity index (χ4n) is 1.95. The van der Waals surface area contributed by atoms with E-state index in [1.807, 2.05) is 37.3 Å². The van der Waals surface area contributed by atoms with Crippen LogP contribution in [0.25, 0.3) is 0 Å². The molecule has 2 aromatic rings. The summed E-state index contributed by atoms with van der Waals surface area (Å²) in [5.41, 5.74) is 4.12. The number of carbonyl (C=O) groups is 1. The molecule has 124 valence electrons. The van der Waals surface area contributed by atoms with E-state index in [9.17, 15) is 14.9 Å². The third kappa shape index (κ3) is 4.91. The average molecular weight is 327 g/mol. The van der Waals surface area contributed by atoms with Crippen molar-refractivity contribution in [1.29, 1.82) is 0 Å². The smallest absolute Gasteiger partial charge is 0.277 e. The van der Waals surface area contributed by atoms with Crippen LogP contribution in [0.4, 0.5) is 5.69 Å². The molecule has 0 heterocycles. The van der Waals surface area contributed by atoms with Crippen molar-refractivity contribution in [3.63, 3.8) is 0 Å². The van der Waals surface area contributed by atoms with Gasteiger partial charge in [0.05, 0.1) is 10.6 Å². The van der Waals surface area contributed by atoms with Crippen LogP contribution >= 0.6 is 0 Å². The van der Waals surface area contributed by atoms with Gasteiger partial charge in [-0.1, -0.05) is 37.3 Å². The summed E-state index contributed by atoms with van der Waals surface area (Å²) >= 11 is 0. The highest BCUT2D eigenvalue weighted by Gasteiger charge is 2.07. The van der Waals surface area contributed by atoms with Gasteiger partial charge in [0.15, 0.2) is 6.61 Å². The van der Waals surface area contributed by atoms with Gasteiger partial charge in [0.1, 0.15) is 5.75 Å². The van der Waals surface area contributed by atoms with Crippen LogP contribution in [0, 0.1) is 10.1 Å². The predicted octanol–water partition coefficient (Wildman–Crippen LogP) is 2.90. The van der Waals surface area contributed by atoms with Crippen LogP contribution in [0.5, 0.6) is 5.75 Å². The van der Waals surface area contributed by atoms with E-state index in [1.54, 1.807) is 0 Å². The zero-order valence-corrected chi connectivity index (χ0v) is 13.1. The number of benzene rings is 2. The van der Waals surface area contributed by atoms with E-state index < -0.39 is 10.8 Å². The molecular formula is C17H17N3O4. The van der Waals surface area contributed by atoms with Crippen LogP contribution in [0.1, 0.15) is 18.9 Å². The van der Waals surface area contributed by atoms with E-state index in [0.29, 0.717) is 12.2 Å². The van der Waals surface area contributed by atoms with Crippen LogP contribution in [-0.2, 0) is 4.79 Å². The van der Waals surface area contributed by atoms with Crippen molar-refractivity contribution in [1.82, 2.24) is 5.43 Å². The maximum absolute atomic E-state index is 11.8. The van der Waals surface area contributed by atoms with E-state index in [4.69, 9.17) is 4.74 Å². The minimum atomic E-state index is -0.499. The normalized spacial score (nSPS) is 11.0. The summed E-state index contributed by atoms with van der Waals surface area (Å²) in [6, 6.07) is 15.1. The molecule has 0 radical (unpaired) electrons. The number of carbonyl (C=O) groups excluding carboxylic acids is 1. The van der Waals surface area contributed by atoms with Crippen molar-refractivity contribution in [3.8, 4) is 5.75 Å². The SMILES string of the molecule is CCC(=NNC(=O)COc1ccc([N+](=O)[O-])cc1)c1ccccc1. The summed E-state index contributed by atoms with van der Waals surface area (Å²) in [5, 5.41) is 14.7. The Morgan fingerprint density at radius 2 is 1.83 bits per heavy atom. The highest BCUT2D eigenvalue weighted by atomic mass is 16.6. The molecule has 0 saturated heterocycles. The zero-order chi connectivity index (χ0) is 17.4. The average Bonchev–Trinajstić information content (AvgIpc) is 2.61. The Hall–Kier alpha value is -3.22. The molecule has 0 unspecified atom stereocenters. The number of nitrogens with zero attached hydrogens (tertiary/aromatic N) is 2. The Kier molecular flexibility index (Phi) is 6.01. The summed E-state index contributed by atoms with van der Waals surface area (Å²) in [6.07, 6.45) is 0.674. The minimum Gasteiger partial charge on any atom is -0.484 e. The first-order chi connectivity index (χ1) is 11.6. The van der Waals surface area contributed by atoms with Gasteiger partial charge in [-0.2, -0.15) is 5.10 Å². The molecule has 0 atom stereocenters. The van der Waals surface area contributed by atoms with Crippen molar-refractivity contribution >= 4 is 17.3 Å². The summed E-state index contributed by atoms with van der Waals surface area (Å²) < 4.78 is 5.27. The molecule has 0 saturated carbocycles. The summed E-state index contributed by atoms with van der Waals surface area (Å²) in [4.78, 5) is 21.9. The van der Waals surface area contributed by atoms with Crippen LogP contribution < -0.4 is 10.2 Å². The highest BCUT2D eigenvalue weighted by molar-refractivity contribution is 6.00. The number of nitro benzene ring substituents is 1. The lowest BCUT2D eigenvalue weighted by Gasteiger charge is -2.07. The van der Waals surface area contributed by atoms with Gasteiger partial charge in [-0.25, -0.2) is 5.43 Å². The summed E-state index contributed by atoms with van der Waals surface area (Å²) in [5.74, 6) is -0.0336. The van der Waals surface area contributed by atoms with Gasteiger partial charge in [0.2, 0.25) is 0 Å². The summed E-state index contributed by atoms with van der Waals surface area (Å²) in [6.45, 7) is 1.72. The molecule has 0 aliphatic rings. The van der Waals surface area contributed by atoms with E-state index in [2.05, 4.69) is 10.5 Å². The third-order valence-corrected chi connectivity index (χ3v) is 3.17. The molecule has 0 fully saturated rings. The van der Waals surface area contributed by atoms with Gasteiger partial charge < -0.3 is 4.74 Å². The zero-order valence-electron chi connectivity index (χ0n) is 13.1. The first-order valence-electron chi connectivity index (χ1n) is 7.38. The number of non-ortho nitro benzene ring substituents is 1. The standard InChI is InChI=1S/C17H17N3O4/c1-2-16(13-6-4-3-5-7-13)18-19-17(21)12-24-15-10-8-14(9-11-15)20(22)23/h3-11H,2,12H2,1H3,(H,19,21). The van der Waals surface area contributed by atoms with Crippen molar-refractivity contribution in [2.45, 2.75) is 13.3 Å². The predicted molar refractivity (Wildman–Crippen MR) is 90.0 cm³/mol. The first-order valence-corrected chi connectivity index (χ1v) is 7.38. The molecule has 1 N–H and O–H groups in total. The second kappa shape index (κ2) is 8.42. The second-order valence-electron chi connectivity index (χ2n) is 4.85. The van der Waals surface area contributed by atoms with Crippen LogP contribution in [0.3, 0.4) is 0 Å². The van der Waals surface area contributed by atoms with Gasteiger partial charge in [-0.05, 0) is 24.1 Å². The molecular weight excluding hydrogens is 310 g/mol. The van der Waals surface area contributed by atoms with Gasteiger partial charge in [0, 0.05) is 12.1 Å². The molecule has 1 amide bonds. The molecule has 7 nitrogen and oxygen atoms in total. The Balaban J connectivity index is 1.88. The lowest BCUT2D eigenvalue weighted by Crippen LogP contribution is -2.26. The quantitative estimate of drug-likeness (QED) is 0.480. The molecule has 0 aromatic heterocycles. The van der Waals surface area contributed by atoms with Crippen molar-refractivity contribution in [2.24, 2.45) is 5.10 Å². The second-order valence-corrected chi connectivity index (χ2v) is 4.85. The van der Waals surface area contributed by atoms with Crippen LogP contribution in [0.2, 0.25) is 0 Å². The fraction of sp³-hybridized carbons (Fsp3) is 0.176. The number of amides is 1. The maximum Gasteiger partial charge on any atom is 0.277 e. The summed E-state index contributed by atoms with van der Waals surface area (Å²) in [7, 11) is 0. The Bertz CT molecular complexity index is 727. The monoisotopic (exact) mass is 327 g/mol. The van der Waals surface area contributed by atoms with E-state index >= 15 is 0 Å². The van der Waals surface area contributed by atoms with E-state index in [-0.39, 0.29) is 12.3 Å². The molecule has 7 heteroatoms. The van der Waals surface area contributed by atoms with E-state index in [1.165, 1.54) is 24.3 Å². The largest absolute Gasteiger partial charge is 0.484 e. The Labute approximate surface area is 139 Å². The highest BCUT2D eigenvalue weighted by Crippen LogP contribution is 2.17. The maximum atomic E-state index is 11.8. The van der Waals surface area contributed by atoms with Crippen molar-refractivity contribution in [3.05, 3.63) is 70.3 Å². The van der Waals surface area contributed by atoms with Gasteiger partial charge in [-0.15, -0.1) is 0 Å². The first kappa shape index (κ1) is 17.1. The molecule has 24 heavy (non-hydrogen) atoms. The fourth-order valence-corrected chi connectivity index (χ4v) is 1.95. The number of hydrazone groups is 1.